The smallest absolute Gasteiger partial charge is 0.210 e. The second-order valence-electron chi connectivity index (χ2n) is 9.13. The van der Waals surface area contributed by atoms with Gasteiger partial charge in [0, 0.05) is 22.6 Å². The van der Waals surface area contributed by atoms with Crippen LogP contribution in [0.3, 0.4) is 0 Å². The summed E-state index contributed by atoms with van der Waals surface area (Å²) in [6, 6.07) is 4.52. The van der Waals surface area contributed by atoms with Gasteiger partial charge in [-0.15, -0.1) is 0 Å². The standard InChI is InChI=1S/C23H34FN3O2Si/c1-8-28-21-19(25-22(29-9-2)20(27-21)14(3)4)13-17-16-12-15(24)10-11-18(16)26-23(17)30(5,6)7/h10-12,14,19-20,26H,8-9,13H2,1-7H3/t19-,20+/m0/s1. The number of halogens is 1. The van der Waals surface area contributed by atoms with Gasteiger partial charge >= 0.3 is 0 Å². The predicted octanol–water partition coefficient (Wildman–Crippen LogP) is 4.67. The molecule has 1 N–H and O–H groups in total. The van der Waals surface area contributed by atoms with Crippen molar-refractivity contribution in [2.24, 2.45) is 15.9 Å². The van der Waals surface area contributed by atoms with Crippen LogP contribution in [0.1, 0.15) is 33.3 Å². The summed E-state index contributed by atoms with van der Waals surface area (Å²) in [5, 5.41) is 2.14. The van der Waals surface area contributed by atoms with Gasteiger partial charge in [-0.2, -0.15) is 0 Å². The molecule has 0 radical (unpaired) electrons. The average molecular weight is 432 g/mol. The number of ether oxygens (including phenoxy) is 2. The van der Waals surface area contributed by atoms with Crippen LogP contribution >= 0.6 is 0 Å². The molecule has 164 valence electrons. The van der Waals surface area contributed by atoms with Gasteiger partial charge in [0.05, 0.1) is 21.3 Å². The molecule has 3 rings (SSSR count). The lowest BCUT2D eigenvalue weighted by Crippen LogP contribution is -2.43. The number of nitrogens with one attached hydrogen (secondary N) is 1. The van der Waals surface area contributed by atoms with Gasteiger partial charge in [-0.25, -0.2) is 14.4 Å². The molecular weight excluding hydrogens is 397 g/mol. The molecule has 5 nitrogen and oxygen atoms in total. The van der Waals surface area contributed by atoms with Crippen LogP contribution in [0.5, 0.6) is 0 Å². The summed E-state index contributed by atoms with van der Waals surface area (Å²) in [5.41, 5.74) is 2.08. The topological polar surface area (TPSA) is 59.0 Å². The van der Waals surface area contributed by atoms with Crippen LogP contribution in [-0.4, -0.2) is 50.2 Å². The number of aromatic nitrogens is 1. The van der Waals surface area contributed by atoms with E-state index in [1.54, 1.807) is 6.07 Å². The number of aliphatic imine (C=N–C) groups is 2. The highest BCUT2D eigenvalue weighted by Crippen LogP contribution is 2.26. The number of nitrogens with zero attached hydrogens (tertiary/aromatic N) is 2. The van der Waals surface area contributed by atoms with Crippen LogP contribution in [0.15, 0.2) is 28.2 Å². The molecule has 7 heteroatoms. The lowest BCUT2D eigenvalue weighted by atomic mass is 10.00. The third kappa shape index (κ3) is 4.61. The Kier molecular flexibility index (Phi) is 6.70. The van der Waals surface area contributed by atoms with Gasteiger partial charge in [0.2, 0.25) is 11.8 Å². The van der Waals surface area contributed by atoms with Crippen LogP contribution in [0, 0.1) is 11.7 Å². The Morgan fingerprint density at radius 3 is 2.33 bits per heavy atom. The molecule has 2 atom stereocenters. The SMILES string of the molecule is CCOC1=N[C@H](C(C)C)C(OCC)=N[C@H]1Cc1c([Si](C)(C)C)[nH]c2ccc(F)cc12. The van der Waals surface area contributed by atoms with E-state index in [0.29, 0.717) is 31.4 Å². The number of fused-ring (bicyclic) bond motifs is 1. The molecule has 1 aliphatic rings. The Hall–Kier alpha value is -2.15. The van der Waals surface area contributed by atoms with E-state index in [1.165, 1.54) is 11.4 Å². The maximum absolute atomic E-state index is 14.1. The number of H-pyrrole nitrogens is 1. The van der Waals surface area contributed by atoms with Gasteiger partial charge in [0.15, 0.2) is 0 Å². The minimum absolute atomic E-state index is 0.139. The van der Waals surface area contributed by atoms with Gasteiger partial charge in [0.1, 0.15) is 17.9 Å². The van der Waals surface area contributed by atoms with Crippen molar-refractivity contribution in [1.82, 2.24) is 4.98 Å². The van der Waals surface area contributed by atoms with E-state index in [9.17, 15) is 4.39 Å². The summed E-state index contributed by atoms with van der Waals surface area (Å²) in [4.78, 5) is 13.4. The molecule has 2 aromatic rings. The molecule has 0 amide bonds. The quantitative estimate of drug-likeness (QED) is 0.676. The second kappa shape index (κ2) is 8.92. The summed E-state index contributed by atoms with van der Waals surface area (Å²) >= 11 is 0. The maximum Gasteiger partial charge on any atom is 0.210 e. The monoisotopic (exact) mass is 431 g/mol. The van der Waals surface area contributed by atoms with E-state index >= 15 is 0 Å². The zero-order chi connectivity index (χ0) is 22.1. The van der Waals surface area contributed by atoms with Gasteiger partial charge in [-0.05, 0) is 43.5 Å². The van der Waals surface area contributed by atoms with Crippen molar-refractivity contribution in [3.05, 3.63) is 29.6 Å². The number of hydrogen-bond acceptors (Lipinski definition) is 4. The third-order valence-corrected chi connectivity index (χ3v) is 7.25. The Bertz CT molecular complexity index is 959. The fraction of sp³-hybridized carbons (Fsp3) is 0.565. The number of rotatable bonds is 6. The van der Waals surface area contributed by atoms with Gasteiger partial charge in [0.25, 0.3) is 0 Å². The number of benzene rings is 1. The predicted molar refractivity (Wildman–Crippen MR) is 125 cm³/mol. The van der Waals surface area contributed by atoms with Crippen molar-refractivity contribution in [2.75, 3.05) is 13.2 Å². The van der Waals surface area contributed by atoms with Crippen LogP contribution in [0.25, 0.3) is 10.9 Å². The fourth-order valence-corrected chi connectivity index (χ4v) is 5.60. The van der Waals surface area contributed by atoms with E-state index in [-0.39, 0.29) is 23.8 Å². The van der Waals surface area contributed by atoms with Crippen molar-refractivity contribution in [2.45, 2.75) is 65.8 Å². The first-order valence-electron chi connectivity index (χ1n) is 10.9. The largest absolute Gasteiger partial charge is 0.480 e. The van der Waals surface area contributed by atoms with E-state index in [2.05, 4.69) is 38.5 Å². The van der Waals surface area contributed by atoms with Crippen LogP contribution in [-0.2, 0) is 15.9 Å². The summed E-state index contributed by atoms with van der Waals surface area (Å²) in [5.74, 6) is 1.34. The minimum atomic E-state index is -1.71. The Morgan fingerprint density at radius 1 is 1.07 bits per heavy atom. The zero-order valence-electron chi connectivity index (χ0n) is 19.2. The van der Waals surface area contributed by atoms with Crippen molar-refractivity contribution in [3.63, 3.8) is 0 Å². The first-order valence-corrected chi connectivity index (χ1v) is 14.4. The normalized spacial score (nSPS) is 19.8. The van der Waals surface area contributed by atoms with Gasteiger partial charge in [-0.3, -0.25) is 0 Å². The molecule has 0 unspecified atom stereocenters. The molecule has 0 saturated carbocycles. The zero-order valence-corrected chi connectivity index (χ0v) is 20.2. The Labute approximate surface area is 179 Å². The highest BCUT2D eigenvalue weighted by Gasteiger charge is 2.34. The first kappa shape index (κ1) is 22.5. The summed E-state index contributed by atoms with van der Waals surface area (Å²) in [7, 11) is -1.71. The van der Waals surface area contributed by atoms with E-state index in [1.807, 2.05) is 19.9 Å². The van der Waals surface area contributed by atoms with Crippen molar-refractivity contribution in [1.29, 1.82) is 0 Å². The maximum atomic E-state index is 14.1. The first-order chi connectivity index (χ1) is 14.2. The molecule has 30 heavy (non-hydrogen) atoms. The molecule has 1 aromatic heterocycles. The van der Waals surface area contributed by atoms with E-state index < -0.39 is 8.07 Å². The van der Waals surface area contributed by atoms with Crippen LogP contribution in [0.4, 0.5) is 4.39 Å². The Morgan fingerprint density at radius 2 is 1.73 bits per heavy atom. The molecule has 0 fully saturated rings. The molecular formula is C23H34FN3O2Si. The van der Waals surface area contributed by atoms with E-state index in [4.69, 9.17) is 19.5 Å². The second-order valence-corrected chi connectivity index (χ2v) is 14.1. The molecule has 1 aromatic carbocycles. The lowest BCUT2D eigenvalue weighted by molar-refractivity contribution is 0.276. The summed E-state index contributed by atoms with van der Waals surface area (Å²) in [6.45, 7) is 16.1. The highest BCUT2D eigenvalue weighted by molar-refractivity contribution is 6.88. The van der Waals surface area contributed by atoms with Crippen molar-refractivity contribution in [3.8, 4) is 0 Å². The Balaban J connectivity index is 2.09. The van der Waals surface area contributed by atoms with Crippen LogP contribution in [0.2, 0.25) is 19.6 Å². The molecule has 0 spiro atoms. The fourth-order valence-electron chi connectivity index (χ4n) is 3.95. The van der Waals surface area contributed by atoms with Crippen molar-refractivity contribution < 1.29 is 13.9 Å². The highest BCUT2D eigenvalue weighted by atomic mass is 28.3. The van der Waals surface area contributed by atoms with Crippen LogP contribution < -0.4 is 5.32 Å². The minimum Gasteiger partial charge on any atom is -0.480 e. The molecule has 0 aliphatic carbocycles. The van der Waals surface area contributed by atoms with Crippen molar-refractivity contribution >= 4 is 36.1 Å². The number of hydrogen-bond donors (Lipinski definition) is 1. The molecule has 2 heterocycles. The van der Waals surface area contributed by atoms with Gasteiger partial charge in [-0.1, -0.05) is 33.5 Å². The summed E-state index contributed by atoms with van der Waals surface area (Å²) in [6.07, 6.45) is 0.600. The number of aromatic amines is 1. The third-order valence-electron chi connectivity index (χ3n) is 5.32. The lowest BCUT2D eigenvalue weighted by Gasteiger charge is -2.28. The van der Waals surface area contributed by atoms with Gasteiger partial charge < -0.3 is 14.5 Å². The summed E-state index contributed by atoms with van der Waals surface area (Å²) < 4.78 is 25.9. The molecule has 1 aliphatic heterocycles. The molecule has 0 bridgehead atoms. The average Bonchev–Trinajstić information content (AvgIpc) is 3.02. The molecule has 0 saturated heterocycles. The van der Waals surface area contributed by atoms with E-state index in [0.717, 1.165) is 16.5 Å².